The highest BCUT2D eigenvalue weighted by atomic mass is 79.9. The van der Waals surface area contributed by atoms with E-state index in [1.54, 1.807) is 24.3 Å². The molecule has 1 heterocycles. The van der Waals surface area contributed by atoms with Gasteiger partial charge in [0.05, 0.1) is 21.2 Å². The molecule has 3 amide bonds. The van der Waals surface area contributed by atoms with Crippen LogP contribution in [0.25, 0.3) is 0 Å². The van der Waals surface area contributed by atoms with Crippen molar-refractivity contribution in [2.45, 2.75) is 0 Å². The summed E-state index contributed by atoms with van der Waals surface area (Å²) in [6.45, 7) is -1.19. The van der Waals surface area contributed by atoms with Gasteiger partial charge in [-0.3, -0.25) is 24.1 Å². The maximum absolute atomic E-state index is 12.3. The zero-order chi connectivity index (χ0) is 20.4. The van der Waals surface area contributed by atoms with Crippen molar-refractivity contribution in [1.82, 2.24) is 4.90 Å². The lowest BCUT2D eigenvalue weighted by molar-refractivity contribution is -0.147. The van der Waals surface area contributed by atoms with E-state index in [1.165, 1.54) is 12.1 Å². The fourth-order valence-electron chi connectivity index (χ4n) is 2.48. The molecule has 1 aliphatic rings. The van der Waals surface area contributed by atoms with Crippen molar-refractivity contribution >= 4 is 68.5 Å². The number of benzene rings is 2. The predicted molar refractivity (Wildman–Crippen MR) is 106 cm³/mol. The fourth-order valence-corrected chi connectivity index (χ4v) is 3.07. The minimum Gasteiger partial charge on any atom is -0.454 e. The molecule has 0 spiro atoms. The van der Waals surface area contributed by atoms with E-state index in [0.29, 0.717) is 10.6 Å². The number of nitrogens with zero attached hydrogens (tertiary/aromatic N) is 1. The molecule has 0 saturated heterocycles. The Hall–Kier alpha value is -2.42. The second-order valence-electron chi connectivity index (χ2n) is 5.72. The van der Waals surface area contributed by atoms with Gasteiger partial charge in [-0.05, 0) is 36.4 Å². The number of ether oxygens (including phenoxy) is 1. The molecule has 0 radical (unpaired) electrons. The largest absolute Gasteiger partial charge is 0.454 e. The van der Waals surface area contributed by atoms with E-state index >= 15 is 0 Å². The summed E-state index contributed by atoms with van der Waals surface area (Å²) in [5, 5.41) is 2.79. The molecule has 0 aliphatic carbocycles. The van der Waals surface area contributed by atoms with Crippen molar-refractivity contribution in [3.8, 4) is 0 Å². The molecule has 144 valence electrons. The lowest BCUT2D eigenvalue weighted by Gasteiger charge is -2.13. The molecule has 0 fully saturated rings. The van der Waals surface area contributed by atoms with E-state index in [-0.39, 0.29) is 21.2 Å². The van der Waals surface area contributed by atoms with Crippen LogP contribution in [0.5, 0.6) is 0 Å². The molecule has 0 unspecified atom stereocenters. The number of imide groups is 1. The second-order valence-corrected chi connectivity index (χ2v) is 7.45. The minimum absolute atomic E-state index is 0.0557. The van der Waals surface area contributed by atoms with Crippen LogP contribution < -0.4 is 5.32 Å². The van der Waals surface area contributed by atoms with Gasteiger partial charge in [0.25, 0.3) is 17.7 Å². The minimum atomic E-state index is -0.905. The van der Waals surface area contributed by atoms with Crippen LogP contribution in [-0.2, 0) is 14.3 Å². The van der Waals surface area contributed by atoms with Crippen LogP contribution in [0.15, 0.2) is 40.9 Å². The second kappa shape index (κ2) is 8.30. The number of carbonyl (C=O) groups is 4. The van der Waals surface area contributed by atoms with Crippen LogP contribution in [0.3, 0.4) is 0 Å². The number of rotatable bonds is 5. The quantitative estimate of drug-likeness (QED) is 0.516. The van der Waals surface area contributed by atoms with Crippen molar-refractivity contribution in [2.24, 2.45) is 0 Å². The number of halogens is 3. The molecular formula is C18H11BrCl2N2O5. The third-order valence-electron chi connectivity index (χ3n) is 3.79. The van der Waals surface area contributed by atoms with Gasteiger partial charge in [-0.2, -0.15) is 0 Å². The normalized spacial score (nSPS) is 12.8. The van der Waals surface area contributed by atoms with Gasteiger partial charge in [-0.1, -0.05) is 39.1 Å². The maximum Gasteiger partial charge on any atom is 0.326 e. The van der Waals surface area contributed by atoms with Gasteiger partial charge in [0.15, 0.2) is 6.61 Å². The van der Waals surface area contributed by atoms with E-state index in [0.717, 1.165) is 4.47 Å². The van der Waals surface area contributed by atoms with Gasteiger partial charge in [0.1, 0.15) is 6.54 Å². The summed E-state index contributed by atoms with van der Waals surface area (Å²) >= 11 is 15.0. The molecule has 2 aromatic rings. The molecule has 0 bridgehead atoms. The Morgan fingerprint density at radius 1 is 1.00 bits per heavy atom. The SMILES string of the molecule is O=C(COC(=O)CN1C(=O)c2cc(Cl)c(Cl)cc2C1=O)Nc1ccc(Br)cc1. The molecule has 0 aromatic heterocycles. The molecule has 7 nitrogen and oxygen atoms in total. The van der Waals surface area contributed by atoms with E-state index in [2.05, 4.69) is 21.2 Å². The van der Waals surface area contributed by atoms with Crippen molar-refractivity contribution in [1.29, 1.82) is 0 Å². The van der Waals surface area contributed by atoms with E-state index in [1.807, 2.05) is 0 Å². The third-order valence-corrected chi connectivity index (χ3v) is 5.04. The van der Waals surface area contributed by atoms with Crippen molar-refractivity contribution in [3.05, 3.63) is 62.0 Å². The number of anilines is 1. The first-order valence-corrected chi connectivity index (χ1v) is 9.37. The molecule has 0 atom stereocenters. The summed E-state index contributed by atoms with van der Waals surface area (Å²) in [5.74, 6) is -2.83. The molecule has 2 aromatic carbocycles. The van der Waals surface area contributed by atoms with Crippen LogP contribution in [-0.4, -0.2) is 41.7 Å². The molecule has 1 N–H and O–H groups in total. The molecule has 0 saturated carbocycles. The summed E-state index contributed by atoms with van der Waals surface area (Å²) in [6, 6.07) is 9.36. The summed E-state index contributed by atoms with van der Waals surface area (Å²) in [4.78, 5) is 49.2. The average molecular weight is 486 g/mol. The Kier molecular flexibility index (Phi) is 6.02. The maximum atomic E-state index is 12.3. The number of amides is 3. The van der Waals surface area contributed by atoms with Gasteiger partial charge < -0.3 is 10.1 Å². The molecule has 28 heavy (non-hydrogen) atoms. The van der Waals surface area contributed by atoms with Crippen molar-refractivity contribution in [3.63, 3.8) is 0 Å². The highest BCUT2D eigenvalue weighted by Crippen LogP contribution is 2.31. The van der Waals surface area contributed by atoms with Gasteiger partial charge >= 0.3 is 5.97 Å². The predicted octanol–water partition coefficient (Wildman–Crippen LogP) is 3.53. The Morgan fingerprint density at radius 3 is 2.07 bits per heavy atom. The third kappa shape index (κ3) is 4.35. The van der Waals surface area contributed by atoms with Gasteiger partial charge in [0, 0.05) is 10.2 Å². The zero-order valence-corrected chi connectivity index (χ0v) is 17.1. The van der Waals surface area contributed by atoms with Gasteiger partial charge in [-0.25, -0.2) is 0 Å². The zero-order valence-electron chi connectivity index (χ0n) is 14.0. The summed E-state index contributed by atoms with van der Waals surface area (Å²) in [7, 11) is 0. The summed E-state index contributed by atoms with van der Waals surface area (Å²) < 4.78 is 5.69. The highest BCUT2D eigenvalue weighted by Gasteiger charge is 2.37. The average Bonchev–Trinajstić information content (AvgIpc) is 2.87. The first-order chi connectivity index (χ1) is 13.3. The summed E-state index contributed by atoms with van der Waals surface area (Å²) in [6.07, 6.45) is 0. The Bertz CT molecular complexity index is 953. The lowest BCUT2D eigenvalue weighted by atomic mass is 10.1. The van der Waals surface area contributed by atoms with Crippen molar-refractivity contribution < 1.29 is 23.9 Å². The number of esters is 1. The Labute approximate surface area is 177 Å². The van der Waals surface area contributed by atoms with Crippen LogP contribution >= 0.6 is 39.1 Å². The topological polar surface area (TPSA) is 92.8 Å². The molecule has 1 aliphatic heterocycles. The molecule has 10 heteroatoms. The van der Waals surface area contributed by atoms with Crippen LogP contribution in [0, 0.1) is 0 Å². The molecule has 3 rings (SSSR count). The van der Waals surface area contributed by atoms with Crippen LogP contribution in [0.2, 0.25) is 10.0 Å². The number of carbonyl (C=O) groups excluding carboxylic acids is 4. The summed E-state index contributed by atoms with van der Waals surface area (Å²) in [5.41, 5.74) is 0.638. The monoisotopic (exact) mass is 484 g/mol. The van der Waals surface area contributed by atoms with Crippen LogP contribution in [0.4, 0.5) is 5.69 Å². The highest BCUT2D eigenvalue weighted by molar-refractivity contribution is 9.10. The first kappa shape index (κ1) is 20.3. The van der Waals surface area contributed by atoms with E-state index in [4.69, 9.17) is 27.9 Å². The Morgan fingerprint density at radius 2 is 1.54 bits per heavy atom. The lowest BCUT2D eigenvalue weighted by Crippen LogP contribution is -2.36. The van der Waals surface area contributed by atoms with Crippen LogP contribution in [0.1, 0.15) is 20.7 Å². The fraction of sp³-hybridized carbons (Fsp3) is 0.111. The number of hydrogen-bond acceptors (Lipinski definition) is 5. The first-order valence-electron chi connectivity index (χ1n) is 7.82. The van der Waals surface area contributed by atoms with E-state index < -0.39 is 36.8 Å². The van der Waals surface area contributed by atoms with Gasteiger partial charge in [-0.15, -0.1) is 0 Å². The Balaban J connectivity index is 1.56. The standard InChI is InChI=1S/C18H11BrCl2N2O5/c19-9-1-3-10(4-2-9)22-15(24)8-28-16(25)7-23-17(26)11-5-13(20)14(21)6-12(11)18(23)27/h1-6H,7-8H2,(H,22,24). The molecular weight excluding hydrogens is 475 g/mol. The van der Waals surface area contributed by atoms with Gasteiger partial charge in [0.2, 0.25) is 0 Å². The smallest absolute Gasteiger partial charge is 0.326 e. The number of fused-ring (bicyclic) bond motifs is 1. The number of hydrogen-bond donors (Lipinski definition) is 1. The van der Waals surface area contributed by atoms with Crippen molar-refractivity contribution in [2.75, 3.05) is 18.5 Å². The van der Waals surface area contributed by atoms with E-state index in [9.17, 15) is 19.2 Å². The number of nitrogens with one attached hydrogen (secondary N) is 1.